The van der Waals surface area contributed by atoms with E-state index in [4.69, 9.17) is 16.3 Å². The lowest BCUT2D eigenvalue weighted by Gasteiger charge is -2.32. The van der Waals surface area contributed by atoms with Gasteiger partial charge in [-0.05, 0) is 30.3 Å². The van der Waals surface area contributed by atoms with Crippen molar-refractivity contribution >= 4 is 52.0 Å². The van der Waals surface area contributed by atoms with Crippen molar-refractivity contribution in [2.24, 2.45) is 0 Å². The Labute approximate surface area is 240 Å². The van der Waals surface area contributed by atoms with Gasteiger partial charge in [0.2, 0.25) is 5.91 Å². The van der Waals surface area contributed by atoms with Crippen molar-refractivity contribution < 1.29 is 58.6 Å². The number of benzene rings is 1. The second-order valence-electron chi connectivity index (χ2n) is 8.78. The van der Waals surface area contributed by atoms with Gasteiger partial charge < -0.3 is 20.3 Å². The van der Waals surface area contributed by atoms with Crippen LogP contribution in [0.2, 0.25) is 4.34 Å². The quantitative estimate of drug-likeness (QED) is 0.374. The molecule has 2 heterocycles. The lowest BCUT2D eigenvalue weighted by Crippen LogP contribution is -2.55. The average Bonchev–Trinajstić information content (AvgIpc) is 3.28. The summed E-state index contributed by atoms with van der Waals surface area (Å²) >= 11 is 6.47. The molecule has 232 valence electrons. The minimum atomic E-state index is -5.23. The van der Waals surface area contributed by atoms with Crippen molar-refractivity contribution in [2.45, 2.75) is 24.6 Å². The van der Waals surface area contributed by atoms with Crippen LogP contribution in [-0.2, 0) is 20.5 Å². The first-order valence-corrected chi connectivity index (χ1v) is 12.8. The predicted octanol–water partition coefficient (Wildman–Crippen LogP) is 4.95. The molecule has 0 radical (unpaired) electrons. The molecule has 1 saturated heterocycles. The lowest BCUT2D eigenvalue weighted by atomic mass is 10.1. The summed E-state index contributed by atoms with van der Waals surface area (Å²) in [6.07, 6.45) is -15.5. The monoisotopic (exact) mass is 654 g/mol. The normalized spacial score (nSPS) is 15.6. The first-order valence-electron chi connectivity index (χ1n) is 11.7. The van der Waals surface area contributed by atoms with Crippen LogP contribution >= 0.6 is 22.9 Å². The molecule has 42 heavy (non-hydrogen) atoms. The first kappa shape index (κ1) is 33.4. The number of morpholine rings is 1. The molecule has 2 aromatic rings. The molecule has 19 heteroatoms. The van der Waals surface area contributed by atoms with E-state index < -0.39 is 85.5 Å². The number of carbonyl (C=O) groups excluding carboxylic acids is 3. The maximum absolute atomic E-state index is 13.9. The van der Waals surface area contributed by atoms with E-state index >= 15 is 0 Å². The fourth-order valence-electron chi connectivity index (χ4n) is 3.91. The summed E-state index contributed by atoms with van der Waals surface area (Å²) in [6, 6.07) is 2.28. The number of nitrogens with one attached hydrogen (secondary N) is 2. The van der Waals surface area contributed by atoms with E-state index in [1.165, 1.54) is 12.1 Å². The van der Waals surface area contributed by atoms with Gasteiger partial charge in [-0.2, -0.15) is 39.5 Å². The van der Waals surface area contributed by atoms with Crippen LogP contribution < -0.4 is 15.5 Å². The number of alkyl halides is 9. The van der Waals surface area contributed by atoms with Gasteiger partial charge in [0.1, 0.15) is 12.6 Å². The molecule has 0 saturated carbocycles. The number of rotatable bonds is 9. The van der Waals surface area contributed by atoms with Crippen LogP contribution in [0.5, 0.6) is 0 Å². The number of anilines is 2. The Hall–Kier alpha value is -3.09. The van der Waals surface area contributed by atoms with E-state index in [0.717, 1.165) is 28.4 Å². The topological polar surface area (TPSA) is 91.0 Å². The van der Waals surface area contributed by atoms with Gasteiger partial charge in [0.05, 0.1) is 40.2 Å². The van der Waals surface area contributed by atoms with Gasteiger partial charge in [0.15, 0.2) is 0 Å². The second-order valence-corrected chi connectivity index (χ2v) is 10.5. The fraction of sp³-hybridized carbons (Fsp3) is 0.435. The summed E-state index contributed by atoms with van der Waals surface area (Å²) in [5.74, 6) is -3.33. The van der Waals surface area contributed by atoms with Gasteiger partial charge in [-0.1, -0.05) is 11.6 Å². The molecule has 1 aliphatic rings. The Morgan fingerprint density at radius 1 is 1.02 bits per heavy atom. The number of amides is 3. The van der Waals surface area contributed by atoms with Crippen LogP contribution in [0.1, 0.15) is 15.2 Å². The van der Waals surface area contributed by atoms with Crippen LogP contribution in [0.4, 0.5) is 50.9 Å². The number of hydrogen-bond acceptors (Lipinski definition) is 6. The third-order valence-electron chi connectivity index (χ3n) is 5.61. The third kappa shape index (κ3) is 9.47. The standard InChI is InChI=1S/C23H20ClF9N4O4S/c24-17-4-3-16(42-17)20(40)34-8-15(36(10-21(25,26)27)11-22(28,29)30)19(39)35-12-1-2-14(13(7-12)23(31,32)33)37-5-6-41-9-18(37)38/h1-4,7,15H,5-6,8-11H2,(H,34,40)(H,35,39)/t15-/m0/s1. The maximum atomic E-state index is 13.9. The minimum Gasteiger partial charge on any atom is -0.370 e. The van der Waals surface area contributed by atoms with Crippen LogP contribution in [0.3, 0.4) is 0 Å². The smallest absolute Gasteiger partial charge is 0.370 e. The molecule has 0 bridgehead atoms. The van der Waals surface area contributed by atoms with Gasteiger partial charge in [-0.25, -0.2) is 0 Å². The summed E-state index contributed by atoms with van der Waals surface area (Å²) in [6.45, 7) is -6.35. The Kier molecular flexibility index (Phi) is 10.4. The van der Waals surface area contributed by atoms with Crippen LogP contribution in [0.15, 0.2) is 30.3 Å². The second kappa shape index (κ2) is 13.0. The molecule has 0 spiro atoms. The molecule has 1 aliphatic heterocycles. The molecule has 3 rings (SSSR count). The zero-order chi connectivity index (χ0) is 31.5. The van der Waals surface area contributed by atoms with E-state index in [1.807, 2.05) is 5.32 Å². The van der Waals surface area contributed by atoms with Crippen LogP contribution in [-0.4, -0.2) is 80.4 Å². The fourth-order valence-corrected chi connectivity index (χ4v) is 4.87. The van der Waals surface area contributed by atoms with Gasteiger partial charge >= 0.3 is 18.5 Å². The molecule has 1 fully saturated rings. The van der Waals surface area contributed by atoms with E-state index in [1.54, 1.807) is 0 Å². The third-order valence-corrected chi connectivity index (χ3v) is 6.84. The minimum absolute atomic E-state index is 0.0686. The van der Waals surface area contributed by atoms with Crippen molar-refractivity contribution in [3.05, 3.63) is 45.1 Å². The molecule has 0 aliphatic carbocycles. The zero-order valence-electron chi connectivity index (χ0n) is 20.9. The highest BCUT2D eigenvalue weighted by Crippen LogP contribution is 2.39. The van der Waals surface area contributed by atoms with Crippen molar-refractivity contribution in [3.63, 3.8) is 0 Å². The molecule has 2 N–H and O–H groups in total. The van der Waals surface area contributed by atoms with Crippen LogP contribution in [0, 0.1) is 0 Å². The zero-order valence-corrected chi connectivity index (χ0v) is 22.5. The number of thiophene rings is 1. The molecular formula is C23H20ClF9N4O4S. The van der Waals surface area contributed by atoms with Crippen molar-refractivity contribution in [3.8, 4) is 0 Å². The van der Waals surface area contributed by atoms with Gasteiger partial charge in [-0.3, -0.25) is 19.3 Å². The van der Waals surface area contributed by atoms with Crippen molar-refractivity contribution in [1.29, 1.82) is 0 Å². The average molecular weight is 655 g/mol. The lowest BCUT2D eigenvalue weighted by molar-refractivity contribution is -0.186. The molecule has 1 aromatic carbocycles. The van der Waals surface area contributed by atoms with Crippen LogP contribution in [0.25, 0.3) is 0 Å². The van der Waals surface area contributed by atoms with E-state index in [-0.39, 0.29) is 27.3 Å². The number of hydrogen-bond donors (Lipinski definition) is 2. The molecular weight excluding hydrogens is 635 g/mol. The van der Waals surface area contributed by atoms with Crippen molar-refractivity contribution in [1.82, 2.24) is 10.2 Å². The highest BCUT2D eigenvalue weighted by molar-refractivity contribution is 7.18. The Balaban J connectivity index is 1.94. The molecule has 0 unspecified atom stereocenters. The highest BCUT2D eigenvalue weighted by Gasteiger charge is 2.43. The van der Waals surface area contributed by atoms with E-state index in [9.17, 15) is 53.9 Å². The Morgan fingerprint density at radius 3 is 2.19 bits per heavy atom. The summed E-state index contributed by atoms with van der Waals surface area (Å²) in [5.41, 5.74) is -2.64. The number of ether oxygens (including phenoxy) is 1. The van der Waals surface area contributed by atoms with Gasteiger partial charge in [0, 0.05) is 18.8 Å². The molecule has 1 aromatic heterocycles. The summed E-state index contributed by atoms with van der Waals surface area (Å²) < 4.78 is 126. The number of halogens is 10. The summed E-state index contributed by atoms with van der Waals surface area (Å²) in [7, 11) is 0. The molecule has 1 atom stereocenters. The maximum Gasteiger partial charge on any atom is 0.418 e. The largest absolute Gasteiger partial charge is 0.418 e. The Bertz CT molecular complexity index is 1280. The summed E-state index contributed by atoms with van der Waals surface area (Å²) in [4.78, 5) is 38.0. The predicted molar refractivity (Wildman–Crippen MR) is 132 cm³/mol. The van der Waals surface area contributed by atoms with E-state index in [0.29, 0.717) is 6.07 Å². The first-order chi connectivity index (χ1) is 19.3. The SMILES string of the molecule is O=C(NC[C@@H](C(=O)Nc1ccc(N2CCOCC2=O)c(C(F)(F)F)c1)N(CC(F)(F)F)CC(F)(F)F)c1ccc(Cl)s1. The number of nitrogens with zero attached hydrogens (tertiary/aromatic N) is 2. The van der Waals surface area contributed by atoms with Crippen molar-refractivity contribution in [2.75, 3.05) is 49.6 Å². The number of carbonyl (C=O) groups is 3. The van der Waals surface area contributed by atoms with E-state index in [2.05, 4.69) is 5.32 Å². The summed E-state index contributed by atoms with van der Waals surface area (Å²) in [5, 5.41) is 3.97. The van der Waals surface area contributed by atoms with Gasteiger partial charge in [-0.15, -0.1) is 11.3 Å². The molecule has 3 amide bonds. The molecule has 8 nitrogen and oxygen atoms in total. The highest BCUT2D eigenvalue weighted by atomic mass is 35.5. The Morgan fingerprint density at radius 2 is 1.67 bits per heavy atom. The van der Waals surface area contributed by atoms with Gasteiger partial charge in [0.25, 0.3) is 11.8 Å².